The Morgan fingerprint density at radius 2 is 1.73 bits per heavy atom. The van der Waals surface area contributed by atoms with E-state index in [0.717, 1.165) is 30.2 Å². The molecule has 4 atom stereocenters. The first-order valence-electron chi connectivity index (χ1n) is 9.92. The van der Waals surface area contributed by atoms with E-state index < -0.39 is 51.6 Å². The van der Waals surface area contributed by atoms with Crippen LogP contribution in [0.25, 0.3) is 0 Å². The Morgan fingerprint density at radius 3 is 2.27 bits per heavy atom. The number of nitro benzene ring substituents is 2. The summed E-state index contributed by atoms with van der Waals surface area (Å²) >= 11 is 0. The zero-order valence-corrected chi connectivity index (χ0v) is 16.3. The fourth-order valence-corrected chi connectivity index (χ4v) is 4.65. The van der Waals surface area contributed by atoms with Gasteiger partial charge in [-0.15, -0.1) is 0 Å². The molecule has 1 aromatic rings. The maximum Gasteiger partial charge on any atom is 0.318 e. The number of amides is 2. The van der Waals surface area contributed by atoms with E-state index in [1.54, 1.807) is 0 Å². The highest BCUT2D eigenvalue weighted by Gasteiger charge is 2.62. The van der Waals surface area contributed by atoms with E-state index >= 15 is 0 Å². The average molecular weight is 419 g/mol. The number of hydrogen-bond acceptors (Lipinski definition) is 8. The Kier molecular flexibility index (Phi) is 5.14. The van der Waals surface area contributed by atoms with E-state index in [9.17, 15) is 29.8 Å². The maximum atomic E-state index is 12.7. The molecule has 160 valence electrons. The number of carbonyl (C=O) groups excluding carboxylic acids is 2. The van der Waals surface area contributed by atoms with E-state index in [0.29, 0.717) is 18.4 Å². The largest absolute Gasteiger partial charge is 0.465 e. The zero-order valence-electron chi connectivity index (χ0n) is 16.3. The molecule has 30 heavy (non-hydrogen) atoms. The van der Waals surface area contributed by atoms with Crippen molar-refractivity contribution >= 4 is 23.2 Å². The average Bonchev–Trinajstić information content (AvgIpc) is 3.39. The van der Waals surface area contributed by atoms with Crippen LogP contribution in [-0.4, -0.2) is 45.5 Å². The first kappa shape index (κ1) is 20.2. The van der Waals surface area contributed by atoms with E-state index in [-0.39, 0.29) is 18.0 Å². The van der Waals surface area contributed by atoms with Gasteiger partial charge in [0.2, 0.25) is 17.6 Å². The molecule has 0 radical (unpaired) electrons. The number of aryl methyl sites for hydroxylation is 1. The van der Waals surface area contributed by atoms with Crippen LogP contribution in [0, 0.1) is 32.1 Å². The Labute approximate surface area is 171 Å². The Bertz CT molecular complexity index is 905. The summed E-state index contributed by atoms with van der Waals surface area (Å²) in [7, 11) is 0. The van der Waals surface area contributed by atoms with Gasteiger partial charge in [-0.25, -0.2) is 4.90 Å². The van der Waals surface area contributed by atoms with Gasteiger partial charge in [-0.1, -0.05) is 13.3 Å². The lowest BCUT2D eigenvalue weighted by molar-refractivity contribution is -0.394. The summed E-state index contributed by atoms with van der Waals surface area (Å²) in [5, 5.41) is 22.7. The Hall–Kier alpha value is -3.08. The van der Waals surface area contributed by atoms with E-state index in [1.807, 2.05) is 6.92 Å². The third-order valence-electron chi connectivity index (χ3n) is 6.05. The van der Waals surface area contributed by atoms with E-state index in [2.05, 4.69) is 0 Å². The van der Waals surface area contributed by atoms with Gasteiger partial charge in [0, 0.05) is 11.6 Å². The van der Waals surface area contributed by atoms with Crippen molar-refractivity contribution in [3.63, 3.8) is 0 Å². The fraction of sp³-hybridized carbons (Fsp3) is 0.579. The fourth-order valence-electron chi connectivity index (χ4n) is 4.65. The minimum atomic E-state index is -0.756. The number of fused-ring (bicyclic) bond motifs is 5. The summed E-state index contributed by atoms with van der Waals surface area (Å²) in [6, 6.07) is 2.08. The third kappa shape index (κ3) is 3.18. The van der Waals surface area contributed by atoms with Crippen molar-refractivity contribution in [1.29, 1.82) is 0 Å². The molecule has 0 saturated carbocycles. The summed E-state index contributed by atoms with van der Waals surface area (Å²) in [5.41, 5.74) is -0.657. The van der Waals surface area contributed by atoms with Gasteiger partial charge in [-0.2, -0.15) is 0 Å². The molecule has 0 N–H and O–H groups in total. The predicted octanol–water partition coefficient (Wildman–Crippen LogP) is 2.34. The number of ether oxygens (including phenoxy) is 2. The minimum absolute atomic E-state index is 0.143. The third-order valence-corrected chi connectivity index (χ3v) is 6.05. The van der Waals surface area contributed by atoms with Gasteiger partial charge >= 0.3 is 5.69 Å². The van der Waals surface area contributed by atoms with Crippen molar-refractivity contribution in [1.82, 2.24) is 4.90 Å². The molecule has 3 saturated heterocycles. The number of rotatable bonds is 8. The Balaban J connectivity index is 1.61. The lowest BCUT2D eigenvalue weighted by Crippen LogP contribution is -2.37. The van der Waals surface area contributed by atoms with Crippen molar-refractivity contribution < 1.29 is 28.9 Å². The topological polar surface area (TPSA) is 142 Å². The molecule has 3 heterocycles. The lowest BCUT2D eigenvalue weighted by Gasteiger charge is -2.19. The highest BCUT2D eigenvalue weighted by Crippen LogP contribution is 2.48. The summed E-state index contributed by atoms with van der Waals surface area (Å²) in [6.45, 7) is 1.45. The minimum Gasteiger partial charge on any atom is -0.465 e. The van der Waals surface area contributed by atoms with Gasteiger partial charge in [0.15, 0.2) is 6.73 Å². The number of imide groups is 1. The second-order valence-corrected chi connectivity index (χ2v) is 7.79. The highest BCUT2D eigenvalue weighted by molar-refractivity contribution is 6.06. The summed E-state index contributed by atoms with van der Waals surface area (Å²) < 4.78 is 11.3. The SMILES string of the molecule is CCCCc1cc([N+](=O)[O-])cc([N+](=O)[O-])c1OCN1C(=O)C2C3CCC(O3)C2C1=O. The van der Waals surface area contributed by atoms with Crippen molar-refractivity contribution in [3.8, 4) is 5.75 Å². The molecule has 3 aliphatic heterocycles. The van der Waals surface area contributed by atoms with E-state index in [4.69, 9.17) is 9.47 Å². The number of benzene rings is 1. The standard InChI is InChI=1S/C19H21N3O8/c1-2-3-4-10-7-11(21(25)26)8-12(22(27)28)17(10)29-9-20-18(23)15-13-5-6-14(30-13)16(15)19(20)24/h7-8,13-16H,2-6,9H2,1H3. The second kappa shape index (κ2) is 7.63. The highest BCUT2D eigenvalue weighted by atomic mass is 16.6. The predicted molar refractivity (Wildman–Crippen MR) is 101 cm³/mol. The molecule has 0 aliphatic carbocycles. The van der Waals surface area contributed by atoms with Crippen molar-refractivity contribution in [3.05, 3.63) is 37.9 Å². The monoisotopic (exact) mass is 419 g/mol. The molecule has 4 rings (SSSR count). The number of non-ortho nitro benzene ring substituents is 1. The molecule has 11 nitrogen and oxygen atoms in total. The van der Waals surface area contributed by atoms with Gasteiger partial charge in [0.25, 0.3) is 5.69 Å². The molecule has 1 aromatic carbocycles. The van der Waals surface area contributed by atoms with Gasteiger partial charge < -0.3 is 9.47 Å². The molecule has 0 spiro atoms. The van der Waals surface area contributed by atoms with Crippen LogP contribution in [0.1, 0.15) is 38.2 Å². The number of nitro groups is 2. The summed E-state index contributed by atoms with van der Waals surface area (Å²) in [4.78, 5) is 47.7. The van der Waals surface area contributed by atoms with Gasteiger partial charge in [-0.05, 0) is 25.7 Å². The summed E-state index contributed by atoms with van der Waals surface area (Å²) in [5.74, 6) is -1.97. The van der Waals surface area contributed by atoms with Crippen LogP contribution in [0.4, 0.5) is 11.4 Å². The van der Waals surface area contributed by atoms with Crippen LogP contribution < -0.4 is 4.74 Å². The van der Waals surface area contributed by atoms with Crippen molar-refractivity contribution in [2.24, 2.45) is 11.8 Å². The van der Waals surface area contributed by atoms with Crippen LogP contribution >= 0.6 is 0 Å². The van der Waals surface area contributed by atoms with Crippen LogP contribution in [0.15, 0.2) is 12.1 Å². The second-order valence-electron chi connectivity index (χ2n) is 7.79. The van der Waals surface area contributed by atoms with Crippen molar-refractivity contribution in [2.45, 2.75) is 51.2 Å². The molecule has 0 aromatic heterocycles. The molecule has 4 unspecified atom stereocenters. The van der Waals surface area contributed by atoms with Crippen LogP contribution in [-0.2, 0) is 20.7 Å². The molecule has 3 fully saturated rings. The van der Waals surface area contributed by atoms with Gasteiger partial charge in [0.05, 0.1) is 40.0 Å². The van der Waals surface area contributed by atoms with Crippen LogP contribution in [0.2, 0.25) is 0 Å². The molecule has 11 heteroatoms. The van der Waals surface area contributed by atoms with Gasteiger partial charge in [-0.3, -0.25) is 29.8 Å². The molecule has 2 bridgehead atoms. The first-order chi connectivity index (χ1) is 14.3. The maximum absolute atomic E-state index is 12.7. The zero-order chi connectivity index (χ0) is 21.6. The number of likely N-dealkylation sites (tertiary alicyclic amines) is 1. The van der Waals surface area contributed by atoms with Crippen LogP contribution in [0.5, 0.6) is 5.75 Å². The lowest BCUT2D eigenvalue weighted by atomic mass is 9.81. The molecule has 3 aliphatic rings. The molecular weight excluding hydrogens is 398 g/mol. The first-order valence-corrected chi connectivity index (χ1v) is 9.92. The van der Waals surface area contributed by atoms with E-state index in [1.165, 1.54) is 6.07 Å². The van der Waals surface area contributed by atoms with Crippen LogP contribution in [0.3, 0.4) is 0 Å². The molecular formula is C19H21N3O8. The Morgan fingerprint density at radius 1 is 1.10 bits per heavy atom. The number of unbranched alkanes of at least 4 members (excludes halogenated alkanes) is 1. The normalized spacial score (nSPS) is 26.9. The number of carbonyl (C=O) groups is 2. The van der Waals surface area contributed by atoms with Crippen molar-refractivity contribution in [2.75, 3.05) is 6.73 Å². The summed E-state index contributed by atoms with van der Waals surface area (Å²) in [6.07, 6.45) is 2.67. The van der Waals surface area contributed by atoms with Gasteiger partial charge in [0.1, 0.15) is 0 Å². The number of nitrogens with zero attached hydrogens (tertiary/aromatic N) is 3. The quantitative estimate of drug-likeness (QED) is 0.355. The smallest absolute Gasteiger partial charge is 0.318 e. The molecule has 2 amide bonds. The number of hydrogen-bond donors (Lipinski definition) is 0.